The molecule has 2 aliphatic rings. The van der Waals surface area contributed by atoms with Crippen LogP contribution in [0.2, 0.25) is 0 Å². The maximum Gasteiger partial charge on any atom is 0.319 e. The molecule has 0 aromatic heterocycles. The van der Waals surface area contributed by atoms with Crippen LogP contribution in [0.25, 0.3) is 0 Å². The van der Waals surface area contributed by atoms with Crippen LogP contribution in [0.4, 0.5) is 10.5 Å². The lowest BCUT2D eigenvalue weighted by Gasteiger charge is -2.35. The van der Waals surface area contributed by atoms with E-state index in [4.69, 9.17) is 0 Å². The second-order valence-electron chi connectivity index (χ2n) is 8.08. The van der Waals surface area contributed by atoms with E-state index in [9.17, 15) is 14.4 Å². The number of carbonyl (C=O) groups is 3. The molecule has 7 nitrogen and oxygen atoms in total. The predicted molar refractivity (Wildman–Crippen MR) is 119 cm³/mol. The number of aryl methyl sites for hydroxylation is 1. The molecule has 1 saturated heterocycles. The van der Waals surface area contributed by atoms with E-state index in [1.807, 2.05) is 24.3 Å². The fraction of sp³-hybridized carbons (Fsp3) is 0.375. The van der Waals surface area contributed by atoms with Gasteiger partial charge in [-0.3, -0.25) is 9.59 Å². The van der Waals surface area contributed by atoms with Crippen LogP contribution in [0.1, 0.15) is 46.0 Å². The fourth-order valence-electron chi connectivity index (χ4n) is 3.64. The van der Waals surface area contributed by atoms with Crippen molar-refractivity contribution < 1.29 is 14.4 Å². The number of benzene rings is 2. The van der Waals surface area contributed by atoms with Crippen LogP contribution in [0.3, 0.4) is 0 Å². The summed E-state index contributed by atoms with van der Waals surface area (Å²) in [5.74, 6) is -0.0527. The molecule has 0 spiro atoms. The molecular weight excluding hydrogens is 392 g/mol. The monoisotopic (exact) mass is 420 g/mol. The van der Waals surface area contributed by atoms with E-state index in [-0.39, 0.29) is 17.8 Å². The first kappa shape index (κ1) is 20.9. The van der Waals surface area contributed by atoms with E-state index in [0.29, 0.717) is 49.0 Å². The zero-order valence-electron chi connectivity index (χ0n) is 17.8. The van der Waals surface area contributed by atoms with Gasteiger partial charge in [0.05, 0.1) is 0 Å². The van der Waals surface area contributed by atoms with Crippen LogP contribution < -0.4 is 10.6 Å². The van der Waals surface area contributed by atoms with E-state index >= 15 is 0 Å². The Labute approximate surface area is 182 Å². The van der Waals surface area contributed by atoms with Gasteiger partial charge in [0.1, 0.15) is 0 Å². The molecule has 1 heterocycles. The molecule has 2 aromatic carbocycles. The molecule has 31 heavy (non-hydrogen) atoms. The molecule has 2 fully saturated rings. The average Bonchev–Trinajstić information content (AvgIpc) is 3.62. The first-order valence-electron chi connectivity index (χ1n) is 10.9. The second kappa shape index (κ2) is 9.20. The average molecular weight is 421 g/mol. The Hall–Kier alpha value is -3.35. The topological polar surface area (TPSA) is 81.8 Å². The smallest absolute Gasteiger partial charge is 0.319 e. The van der Waals surface area contributed by atoms with E-state index in [2.05, 4.69) is 17.6 Å². The number of urea groups is 1. The number of hydrogen-bond acceptors (Lipinski definition) is 3. The summed E-state index contributed by atoms with van der Waals surface area (Å²) < 4.78 is 0. The lowest BCUT2D eigenvalue weighted by Crippen LogP contribution is -2.50. The van der Waals surface area contributed by atoms with Crippen LogP contribution in [-0.2, 0) is 6.42 Å². The Bertz CT molecular complexity index is 944. The zero-order valence-corrected chi connectivity index (χ0v) is 17.8. The van der Waals surface area contributed by atoms with Crippen LogP contribution in [0.5, 0.6) is 0 Å². The Morgan fingerprint density at radius 3 is 1.74 bits per heavy atom. The lowest BCUT2D eigenvalue weighted by atomic mass is 10.1. The number of amides is 4. The summed E-state index contributed by atoms with van der Waals surface area (Å²) in [6.45, 7) is 4.12. The number of nitrogens with one attached hydrogen (secondary N) is 2. The Morgan fingerprint density at radius 2 is 1.29 bits per heavy atom. The third-order valence-electron chi connectivity index (χ3n) is 5.77. The minimum absolute atomic E-state index is 0.00894. The van der Waals surface area contributed by atoms with Crippen LogP contribution >= 0.6 is 0 Å². The quantitative estimate of drug-likeness (QED) is 0.780. The Kier molecular flexibility index (Phi) is 6.21. The fourth-order valence-corrected chi connectivity index (χ4v) is 3.64. The molecule has 2 aromatic rings. The number of hydrogen-bond donors (Lipinski definition) is 2. The van der Waals surface area contributed by atoms with Crippen molar-refractivity contribution in [1.82, 2.24) is 15.1 Å². The van der Waals surface area contributed by atoms with Crippen molar-refractivity contribution in [2.24, 2.45) is 0 Å². The molecule has 162 valence electrons. The molecule has 0 atom stereocenters. The summed E-state index contributed by atoms with van der Waals surface area (Å²) in [7, 11) is 0. The van der Waals surface area contributed by atoms with Gasteiger partial charge in [-0.15, -0.1) is 0 Å². The number of rotatable bonds is 5. The predicted octanol–water partition coefficient (Wildman–Crippen LogP) is 3.13. The van der Waals surface area contributed by atoms with Crippen molar-refractivity contribution in [2.75, 3.05) is 31.5 Å². The highest BCUT2D eigenvalue weighted by Gasteiger charge is 2.26. The molecule has 0 unspecified atom stereocenters. The summed E-state index contributed by atoms with van der Waals surface area (Å²) in [4.78, 5) is 40.9. The van der Waals surface area contributed by atoms with Gasteiger partial charge in [-0.05, 0) is 61.2 Å². The molecule has 1 saturated carbocycles. The van der Waals surface area contributed by atoms with E-state index in [1.54, 1.807) is 34.1 Å². The van der Waals surface area contributed by atoms with Gasteiger partial charge in [-0.25, -0.2) is 4.79 Å². The summed E-state index contributed by atoms with van der Waals surface area (Å²) in [6.07, 6.45) is 3.01. The number of anilines is 1. The molecule has 0 bridgehead atoms. The molecule has 4 amide bonds. The minimum atomic E-state index is -0.216. The van der Waals surface area contributed by atoms with E-state index < -0.39 is 0 Å². The SMILES string of the molecule is CCc1ccc(C(=O)N2CCN(C(=O)c3ccc(NC(=O)NC4CC4)cc3)CC2)cc1. The van der Waals surface area contributed by atoms with E-state index in [0.717, 1.165) is 19.3 Å². The molecular formula is C24H28N4O3. The number of carbonyl (C=O) groups excluding carboxylic acids is 3. The van der Waals surface area contributed by atoms with Gasteiger partial charge in [-0.2, -0.15) is 0 Å². The van der Waals surface area contributed by atoms with Gasteiger partial charge in [0.15, 0.2) is 0 Å². The summed E-state index contributed by atoms with van der Waals surface area (Å²) in [5.41, 5.74) is 3.12. The van der Waals surface area contributed by atoms with Crippen molar-refractivity contribution >= 4 is 23.5 Å². The van der Waals surface area contributed by atoms with Gasteiger partial charge in [0.2, 0.25) is 0 Å². The lowest BCUT2D eigenvalue weighted by molar-refractivity contribution is 0.0535. The zero-order chi connectivity index (χ0) is 21.8. The molecule has 2 N–H and O–H groups in total. The Morgan fingerprint density at radius 1 is 0.806 bits per heavy atom. The highest BCUT2D eigenvalue weighted by molar-refractivity contribution is 5.97. The van der Waals surface area contributed by atoms with Crippen molar-refractivity contribution in [3.05, 3.63) is 65.2 Å². The Balaban J connectivity index is 1.29. The van der Waals surface area contributed by atoms with Crippen LogP contribution in [-0.4, -0.2) is 59.9 Å². The summed E-state index contributed by atoms with van der Waals surface area (Å²) >= 11 is 0. The standard InChI is InChI=1S/C24H28N4O3/c1-2-17-3-5-18(6-4-17)22(29)27-13-15-28(16-14-27)23(30)19-7-9-20(10-8-19)25-24(31)26-21-11-12-21/h3-10,21H,2,11-16H2,1H3,(H2,25,26,31). The third-order valence-corrected chi connectivity index (χ3v) is 5.77. The summed E-state index contributed by atoms with van der Waals surface area (Å²) in [5, 5.41) is 5.65. The van der Waals surface area contributed by atoms with Crippen LogP contribution in [0, 0.1) is 0 Å². The first-order valence-corrected chi connectivity index (χ1v) is 10.9. The van der Waals surface area contributed by atoms with Crippen LogP contribution in [0.15, 0.2) is 48.5 Å². The molecule has 1 aliphatic heterocycles. The first-order chi connectivity index (χ1) is 15.0. The van der Waals surface area contributed by atoms with E-state index in [1.165, 1.54) is 5.56 Å². The molecule has 7 heteroatoms. The largest absolute Gasteiger partial charge is 0.335 e. The third kappa shape index (κ3) is 5.23. The maximum atomic E-state index is 12.8. The number of piperazine rings is 1. The molecule has 0 radical (unpaired) electrons. The van der Waals surface area contributed by atoms with Gasteiger partial charge >= 0.3 is 6.03 Å². The van der Waals surface area contributed by atoms with Gasteiger partial charge in [-0.1, -0.05) is 19.1 Å². The van der Waals surface area contributed by atoms with Crippen molar-refractivity contribution in [3.63, 3.8) is 0 Å². The van der Waals surface area contributed by atoms with Crippen molar-refractivity contribution in [3.8, 4) is 0 Å². The highest BCUT2D eigenvalue weighted by Crippen LogP contribution is 2.19. The summed E-state index contributed by atoms with van der Waals surface area (Å²) in [6, 6.07) is 14.7. The second-order valence-corrected chi connectivity index (χ2v) is 8.08. The normalized spacial score (nSPS) is 16.0. The van der Waals surface area contributed by atoms with Gasteiger partial charge in [0, 0.05) is 49.0 Å². The highest BCUT2D eigenvalue weighted by atomic mass is 16.2. The molecule has 4 rings (SSSR count). The van der Waals surface area contributed by atoms with Gasteiger partial charge < -0.3 is 20.4 Å². The van der Waals surface area contributed by atoms with Gasteiger partial charge in [0.25, 0.3) is 11.8 Å². The van der Waals surface area contributed by atoms with Crippen molar-refractivity contribution in [1.29, 1.82) is 0 Å². The molecule has 1 aliphatic carbocycles. The number of nitrogens with zero attached hydrogens (tertiary/aromatic N) is 2. The van der Waals surface area contributed by atoms with Crippen molar-refractivity contribution in [2.45, 2.75) is 32.2 Å². The maximum absolute atomic E-state index is 12.8. The minimum Gasteiger partial charge on any atom is -0.335 e.